The SMILES string of the molecule is CNC(c1ccc(C)c(F)c1F)C1C(C)(C)C1(C)C. The Bertz CT molecular complexity index is 492. The summed E-state index contributed by atoms with van der Waals surface area (Å²) in [4.78, 5) is 0. The number of rotatable bonds is 3. The van der Waals surface area contributed by atoms with Crippen molar-refractivity contribution in [3.63, 3.8) is 0 Å². The van der Waals surface area contributed by atoms with E-state index in [1.807, 2.05) is 7.05 Å². The number of halogens is 2. The first kappa shape index (κ1) is 14.4. The molecule has 0 bridgehead atoms. The summed E-state index contributed by atoms with van der Waals surface area (Å²) in [5.41, 5.74) is 1.03. The lowest BCUT2D eigenvalue weighted by Gasteiger charge is -2.20. The van der Waals surface area contributed by atoms with Gasteiger partial charge in [-0.05, 0) is 36.3 Å². The molecular weight excluding hydrogens is 244 g/mol. The molecule has 19 heavy (non-hydrogen) atoms. The summed E-state index contributed by atoms with van der Waals surface area (Å²) in [5, 5.41) is 3.17. The van der Waals surface area contributed by atoms with Crippen molar-refractivity contribution in [3.8, 4) is 0 Å². The molecule has 1 aliphatic rings. The van der Waals surface area contributed by atoms with E-state index in [2.05, 4.69) is 33.0 Å². The van der Waals surface area contributed by atoms with E-state index in [4.69, 9.17) is 0 Å². The Labute approximate surface area is 114 Å². The minimum Gasteiger partial charge on any atom is -0.313 e. The maximum absolute atomic E-state index is 14.2. The molecule has 1 saturated carbocycles. The van der Waals surface area contributed by atoms with E-state index < -0.39 is 11.6 Å². The van der Waals surface area contributed by atoms with Gasteiger partial charge in [0, 0.05) is 11.6 Å². The van der Waals surface area contributed by atoms with Crippen LogP contribution in [0.25, 0.3) is 0 Å². The molecule has 1 atom stereocenters. The van der Waals surface area contributed by atoms with E-state index in [-0.39, 0.29) is 16.9 Å². The second kappa shape index (κ2) is 4.27. The summed E-state index contributed by atoms with van der Waals surface area (Å²) in [6.45, 7) is 10.3. The molecule has 0 spiro atoms. The lowest BCUT2D eigenvalue weighted by atomic mass is 9.95. The Kier molecular flexibility index (Phi) is 3.25. The van der Waals surface area contributed by atoms with Gasteiger partial charge in [-0.15, -0.1) is 0 Å². The van der Waals surface area contributed by atoms with Crippen LogP contribution in [0.3, 0.4) is 0 Å². The van der Waals surface area contributed by atoms with Crippen LogP contribution in [0, 0.1) is 35.3 Å². The zero-order valence-corrected chi connectivity index (χ0v) is 12.6. The van der Waals surface area contributed by atoms with Crippen LogP contribution in [-0.2, 0) is 0 Å². The standard InChI is InChI=1S/C16H23F2N/c1-9-7-8-10(12(18)11(9)17)13(19-6)14-15(2,3)16(14,4)5/h7-8,13-14,19H,1-6H3. The van der Waals surface area contributed by atoms with Gasteiger partial charge < -0.3 is 5.32 Å². The molecule has 0 amide bonds. The lowest BCUT2D eigenvalue weighted by molar-refractivity contribution is 0.406. The fourth-order valence-electron chi connectivity index (χ4n) is 3.48. The Morgan fingerprint density at radius 3 is 2.00 bits per heavy atom. The van der Waals surface area contributed by atoms with Crippen molar-refractivity contribution in [2.75, 3.05) is 7.05 Å². The molecule has 1 aromatic rings. The molecule has 0 aliphatic heterocycles. The van der Waals surface area contributed by atoms with Crippen molar-refractivity contribution in [2.45, 2.75) is 40.7 Å². The summed E-state index contributed by atoms with van der Waals surface area (Å²) in [7, 11) is 1.81. The third kappa shape index (κ3) is 1.90. The fourth-order valence-corrected chi connectivity index (χ4v) is 3.48. The second-order valence-electron chi connectivity index (χ2n) is 6.79. The minimum atomic E-state index is -0.728. The Morgan fingerprint density at radius 2 is 1.58 bits per heavy atom. The first-order chi connectivity index (χ1) is 8.66. The van der Waals surface area contributed by atoms with Gasteiger partial charge >= 0.3 is 0 Å². The molecule has 0 radical (unpaired) electrons. The summed E-state index contributed by atoms with van der Waals surface area (Å²) in [6, 6.07) is 3.21. The maximum atomic E-state index is 14.2. The smallest absolute Gasteiger partial charge is 0.163 e. The number of hydrogen-bond acceptors (Lipinski definition) is 1. The van der Waals surface area contributed by atoms with Gasteiger partial charge in [-0.2, -0.15) is 0 Å². The molecule has 1 aliphatic carbocycles. The van der Waals surface area contributed by atoms with E-state index in [1.165, 1.54) is 0 Å². The third-order valence-corrected chi connectivity index (χ3v) is 5.42. The molecule has 1 aromatic carbocycles. The summed E-state index contributed by atoms with van der Waals surface area (Å²) in [6.07, 6.45) is 0. The third-order valence-electron chi connectivity index (χ3n) is 5.42. The van der Waals surface area contributed by atoms with Gasteiger partial charge in [0.1, 0.15) is 0 Å². The molecule has 0 aromatic heterocycles. The maximum Gasteiger partial charge on any atom is 0.163 e. The average molecular weight is 267 g/mol. The monoisotopic (exact) mass is 267 g/mol. The first-order valence-corrected chi connectivity index (χ1v) is 6.78. The van der Waals surface area contributed by atoms with E-state index in [9.17, 15) is 8.78 Å². The van der Waals surface area contributed by atoms with Crippen LogP contribution in [0.4, 0.5) is 8.78 Å². The number of nitrogens with one attached hydrogen (secondary N) is 1. The molecule has 3 heteroatoms. The number of hydrogen-bond donors (Lipinski definition) is 1. The Balaban J connectivity index is 2.43. The molecule has 0 heterocycles. The molecule has 0 saturated heterocycles. The zero-order valence-electron chi connectivity index (χ0n) is 12.6. The summed E-state index contributed by atoms with van der Waals surface area (Å²) in [5.74, 6) is -1.14. The molecule has 1 unspecified atom stereocenters. The van der Waals surface area contributed by atoms with Crippen LogP contribution in [-0.4, -0.2) is 7.05 Å². The average Bonchev–Trinajstić information content (AvgIpc) is 2.72. The van der Waals surface area contributed by atoms with E-state index >= 15 is 0 Å². The van der Waals surface area contributed by atoms with Crippen molar-refractivity contribution >= 4 is 0 Å². The molecular formula is C16H23F2N. The lowest BCUT2D eigenvalue weighted by Crippen LogP contribution is -2.23. The van der Waals surface area contributed by atoms with Crippen molar-refractivity contribution in [3.05, 3.63) is 34.9 Å². The van der Waals surface area contributed by atoms with Gasteiger partial charge in [0.2, 0.25) is 0 Å². The van der Waals surface area contributed by atoms with Crippen LogP contribution in [0.15, 0.2) is 12.1 Å². The van der Waals surface area contributed by atoms with Crippen molar-refractivity contribution in [1.82, 2.24) is 5.32 Å². The number of benzene rings is 1. The van der Waals surface area contributed by atoms with E-state index in [0.29, 0.717) is 17.0 Å². The highest BCUT2D eigenvalue weighted by Gasteiger charge is 2.67. The highest BCUT2D eigenvalue weighted by atomic mass is 19.2. The minimum absolute atomic E-state index is 0.120. The topological polar surface area (TPSA) is 12.0 Å². The highest BCUT2D eigenvalue weighted by Crippen LogP contribution is 2.72. The normalized spacial score (nSPS) is 22.3. The van der Waals surface area contributed by atoms with Gasteiger partial charge in [0.05, 0.1) is 0 Å². The van der Waals surface area contributed by atoms with Crippen molar-refractivity contribution < 1.29 is 8.78 Å². The van der Waals surface area contributed by atoms with Crippen LogP contribution < -0.4 is 5.32 Å². The predicted octanol–water partition coefficient (Wildman–Crippen LogP) is 4.22. The van der Waals surface area contributed by atoms with Gasteiger partial charge in [-0.3, -0.25) is 0 Å². The number of aryl methyl sites for hydroxylation is 1. The van der Waals surface area contributed by atoms with Crippen LogP contribution in [0.5, 0.6) is 0 Å². The van der Waals surface area contributed by atoms with Crippen LogP contribution >= 0.6 is 0 Å². The van der Waals surface area contributed by atoms with E-state index in [0.717, 1.165) is 0 Å². The van der Waals surface area contributed by atoms with Gasteiger partial charge in [0.25, 0.3) is 0 Å². The summed E-state index contributed by atoms with van der Waals surface area (Å²) < 4.78 is 27.9. The second-order valence-corrected chi connectivity index (χ2v) is 6.79. The summed E-state index contributed by atoms with van der Waals surface area (Å²) >= 11 is 0. The van der Waals surface area contributed by atoms with Gasteiger partial charge in [0.15, 0.2) is 11.6 Å². The predicted molar refractivity (Wildman–Crippen MR) is 73.9 cm³/mol. The molecule has 2 rings (SSSR count). The van der Waals surface area contributed by atoms with Crippen molar-refractivity contribution in [2.24, 2.45) is 16.7 Å². The quantitative estimate of drug-likeness (QED) is 0.864. The largest absolute Gasteiger partial charge is 0.313 e. The van der Waals surface area contributed by atoms with Crippen LogP contribution in [0.2, 0.25) is 0 Å². The van der Waals surface area contributed by atoms with Gasteiger partial charge in [-0.25, -0.2) is 8.78 Å². The molecule has 1 fully saturated rings. The Hall–Kier alpha value is -0.960. The highest BCUT2D eigenvalue weighted by molar-refractivity contribution is 5.32. The Morgan fingerprint density at radius 1 is 1.05 bits per heavy atom. The fraction of sp³-hybridized carbons (Fsp3) is 0.625. The van der Waals surface area contributed by atoms with E-state index in [1.54, 1.807) is 19.1 Å². The zero-order chi connectivity index (χ0) is 14.6. The van der Waals surface area contributed by atoms with Gasteiger partial charge in [-0.1, -0.05) is 39.8 Å². The van der Waals surface area contributed by atoms with Crippen molar-refractivity contribution in [1.29, 1.82) is 0 Å². The molecule has 1 nitrogen and oxygen atoms in total. The molecule has 1 N–H and O–H groups in total. The molecule has 106 valence electrons. The first-order valence-electron chi connectivity index (χ1n) is 6.78. The van der Waals surface area contributed by atoms with Crippen LogP contribution in [0.1, 0.15) is 44.9 Å².